The zero-order valence-electron chi connectivity index (χ0n) is 7.82. The molecule has 0 N–H and O–H groups in total. The van der Waals surface area contributed by atoms with Crippen LogP contribution in [0.2, 0.25) is 0 Å². The predicted octanol–water partition coefficient (Wildman–Crippen LogP) is 2.19. The highest BCUT2D eigenvalue weighted by molar-refractivity contribution is 6.39. The summed E-state index contributed by atoms with van der Waals surface area (Å²) in [5.41, 5.74) is -0.618. The Balaban J connectivity index is 4.71. The van der Waals surface area contributed by atoms with E-state index >= 15 is 0 Å². The standard InChI is InChI=1S/C9H15ClO2/c1-4-9(5-2,6-10)8(12)7(3)11/h4-6H2,1-3H3. The van der Waals surface area contributed by atoms with Crippen LogP contribution >= 0.6 is 11.6 Å². The number of halogens is 1. The topological polar surface area (TPSA) is 34.1 Å². The number of Topliss-reactive ketones (excluding diaryl/α,β-unsaturated/α-hetero) is 2. The van der Waals surface area contributed by atoms with E-state index in [9.17, 15) is 9.59 Å². The molecule has 0 aliphatic heterocycles. The van der Waals surface area contributed by atoms with Crippen LogP contribution in [0.5, 0.6) is 0 Å². The van der Waals surface area contributed by atoms with Crippen molar-refractivity contribution in [2.45, 2.75) is 33.6 Å². The molecule has 0 spiro atoms. The molecule has 0 radical (unpaired) electrons. The molecule has 0 aromatic carbocycles. The Hall–Kier alpha value is -0.370. The minimum absolute atomic E-state index is 0.235. The van der Waals surface area contributed by atoms with Gasteiger partial charge in [0, 0.05) is 18.2 Å². The lowest BCUT2D eigenvalue weighted by Gasteiger charge is -2.25. The first-order valence-electron chi connectivity index (χ1n) is 4.15. The van der Waals surface area contributed by atoms with E-state index < -0.39 is 5.41 Å². The molecule has 0 saturated heterocycles. The predicted molar refractivity (Wildman–Crippen MR) is 49.4 cm³/mol. The molecular weight excluding hydrogens is 176 g/mol. The van der Waals surface area contributed by atoms with Gasteiger partial charge in [0.2, 0.25) is 5.78 Å². The third-order valence-corrected chi connectivity index (χ3v) is 2.92. The Bertz CT molecular complexity index is 175. The zero-order valence-corrected chi connectivity index (χ0v) is 8.57. The fourth-order valence-corrected chi connectivity index (χ4v) is 1.69. The van der Waals surface area contributed by atoms with Gasteiger partial charge in [-0.05, 0) is 12.8 Å². The number of alkyl halides is 1. The number of hydrogen-bond donors (Lipinski definition) is 0. The molecule has 3 heteroatoms. The van der Waals surface area contributed by atoms with E-state index in [0.717, 1.165) is 0 Å². The van der Waals surface area contributed by atoms with Crippen molar-refractivity contribution in [1.82, 2.24) is 0 Å². The van der Waals surface area contributed by atoms with E-state index in [1.54, 1.807) is 0 Å². The quantitative estimate of drug-likeness (QED) is 0.492. The van der Waals surface area contributed by atoms with Gasteiger partial charge < -0.3 is 0 Å². The van der Waals surface area contributed by atoms with Crippen LogP contribution in [0.4, 0.5) is 0 Å². The second kappa shape index (κ2) is 4.61. The van der Waals surface area contributed by atoms with Crippen LogP contribution in [0.3, 0.4) is 0 Å². The molecule has 0 aromatic rings. The number of carbonyl (C=O) groups is 2. The van der Waals surface area contributed by atoms with Crippen LogP contribution in [-0.4, -0.2) is 17.4 Å². The maximum atomic E-state index is 11.4. The zero-order chi connectivity index (χ0) is 9.78. The van der Waals surface area contributed by atoms with Gasteiger partial charge in [-0.25, -0.2) is 0 Å². The van der Waals surface area contributed by atoms with E-state index in [0.29, 0.717) is 12.8 Å². The van der Waals surface area contributed by atoms with Gasteiger partial charge >= 0.3 is 0 Å². The average molecular weight is 191 g/mol. The van der Waals surface area contributed by atoms with Gasteiger partial charge in [-0.15, -0.1) is 11.6 Å². The lowest BCUT2D eigenvalue weighted by atomic mass is 9.79. The third-order valence-electron chi connectivity index (χ3n) is 2.41. The van der Waals surface area contributed by atoms with Crippen molar-refractivity contribution in [3.8, 4) is 0 Å². The Morgan fingerprint density at radius 2 is 1.67 bits per heavy atom. The monoisotopic (exact) mass is 190 g/mol. The average Bonchev–Trinajstić information content (AvgIpc) is 2.08. The van der Waals surface area contributed by atoms with Gasteiger partial charge in [0.15, 0.2) is 5.78 Å². The molecular formula is C9H15ClO2. The number of ketones is 2. The molecule has 0 unspecified atom stereocenters. The minimum Gasteiger partial charge on any atom is -0.291 e. The van der Waals surface area contributed by atoms with Crippen LogP contribution in [0.1, 0.15) is 33.6 Å². The van der Waals surface area contributed by atoms with Crippen molar-refractivity contribution in [1.29, 1.82) is 0 Å². The van der Waals surface area contributed by atoms with Crippen LogP contribution in [0.25, 0.3) is 0 Å². The van der Waals surface area contributed by atoms with Crippen molar-refractivity contribution in [3.05, 3.63) is 0 Å². The maximum absolute atomic E-state index is 11.4. The molecule has 0 aliphatic carbocycles. The minimum atomic E-state index is -0.618. The lowest BCUT2D eigenvalue weighted by molar-refractivity contribution is -0.141. The number of carbonyl (C=O) groups excluding carboxylic acids is 2. The van der Waals surface area contributed by atoms with Crippen LogP contribution in [-0.2, 0) is 9.59 Å². The van der Waals surface area contributed by atoms with Gasteiger partial charge in [0.25, 0.3) is 0 Å². The maximum Gasteiger partial charge on any atom is 0.205 e. The van der Waals surface area contributed by atoms with E-state index in [2.05, 4.69) is 0 Å². The fraction of sp³-hybridized carbons (Fsp3) is 0.778. The summed E-state index contributed by atoms with van der Waals surface area (Å²) < 4.78 is 0. The molecule has 0 amide bonds. The van der Waals surface area contributed by atoms with Gasteiger partial charge in [0.05, 0.1) is 0 Å². The van der Waals surface area contributed by atoms with Gasteiger partial charge in [-0.1, -0.05) is 13.8 Å². The molecule has 0 bridgehead atoms. The van der Waals surface area contributed by atoms with Crippen LogP contribution < -0.4 is 0 Å². The Kier molecular flexibility index (Phi) is 4.46. The first-order valence-corrected chi connectivity index (χ1v) is 4.68. The summed E-state index contributed by atoms with van der Waals surface area (Å²) in [5, 5.41) is 0. The second-order valence-electron chi connectivity index (χ2n) is 3.01. The van der Waals surface area contributed by atoms with Gasteiger partial charge in [-0.3, -0.25) is 9.59 Å². The molecule has 0 rings (SSSR count). The summed E-state index contributed by atoms with van der Waals surface area (Å²) in [7, 11) is 0. The van der Waals surface area contributed by atoms with Crippen molar-refractivity contribution in [2.24, 2.45) is 5.41 Å². The summed E-state index contributed by atoms with van der Waals surface area (Å²) in [6, 6.07) is 0. The highest BCUT2D eigenvalue weighted by atomic mass is 35.5. The molecule has 0 aliphatic rings. The molecule has 70 valence electrons. The van der Waals surface area contributed by atoms with Crippen LogP contribution in [0, 0.1) is 5.41 Å². The van der Waals surface area contributed by atoms with Crippen molar-refractivity contribution >= 4 is 23.2 Å². The SMILES string of the molecule is CCC(CC)(CCl)C(=O)C(C)=O. The molecule has 0 atom stereocenters. The molecule has 0 aromatic heterocycles. The normalized spacial score (nSPS) is 11.3. The molecule has 0 saturated carbocycles. The summed E-state index contributed by atoms with van der Waals surface area (Å²) >= 11 is 5.69. The summed E-state index contributed by atoms with van der Waals surface area (Å²) in [5.74, 6) is -0.486. The first kappa shape index (κ1) is 11.6. The second-order valence-corrected chi connectivity index (χ2v) is 3.27. The van der Waals surface area contributed by atoms with Crippen LogP contribution in [0.15, 0.2) is 0 Å². The number of hydrogen-bond acceptors (Lipinski definition) is 2. The summed E-state index contributed by atoms with van der Waals surface area (Å²) in [6.45, 7) is 5.06. The first-order chi connectivity index (χ1) is 5.54. The Labute approximate surface area is 78.3 Å². The van der Waals surface area contributed by atoms with E-state index in [1.165, 1.54) is 6.92 Å². The smallest absolute Gasteiger partial charge is 0.205 e. The molecule has 2 nitrogen and oxygen atoms in total. The van der Waals surface area contributed by atoms with Gasteiger partial charge in [-0.2, -0.15) is 0 Å². The Morgan fingerprint density at radius 3 is 1.75 bits per heavy atom. The molecule has 12 heavy (non-hydrogen) atoms. The van der Waals surface area contributed by atoms with Crippen molar-refractivity contribution < 1.29 is 9.59 Å². The number of rotatable bonds is 5. The van der Waals surface area contributed by atoms with E-state index in [1.807, 2.05) is 13.8 Å². The van der Waals surface area contributed by atoms with E-state index in [4.69, 9.17) is 11.6 Å². The Morgan fingerprint density at radius 1 is 1.25 bits per heavy atom. The largest absolute Gasteiger partial charge is 0.291 e. The fourth-order valence-electron chi connectivity index (χ4n) is 1.19. The van der Waals surface area contributed by atoms with Crippen molar-refractivity contribution in [3.63, 3.8) is 0 Å². The van der Waals surface area contributed by atoms with Crippen molar-refractivity contribution in [2.75, 3.05) is 5.88 Å². The summed E-state index contributed by atoms with van der Waals surface area (Å²) in [4.78, 5) is 22.3. The highest BCUT2D eigenvalue weighted by Gasteiger charge is 2.36. The highest BCUT2D eigenvalue weighted by Crippen LogP contribution is 2.29. The molecule has 0 heterocycles. The third kappa shape index (κ3) is 2.07. The molecule has 0 fully saturated rings. The van der Waals surface area contributed by atoms with Gasteiger partial charge in [0.1, 0.15) is 0 Å². The lowest BCUT2D eigenvalue weighted by Crippen LogP contribution is -2.36. The summed E-state index contributed by atoms with van der Waals surface area (Å²) in [6.07, 6.45) is 1.26. The van der Waals surface area contributed by atoms with E-state index in [-0.39, 0.29) is 17.4 Å².